The molecule has 1 N–H and O–H groups in total. The predicted molar refractivity (Wildman–Crippen MR) is 93.8 cm³/mol. The van der Waals surface area contributed by atoms with Crippen molar-refractivity contribution in [3.63, 3.8) is 0 Å². The zero-order valence-electron chi connectivity index (χ0n) is 14.2. The molecule has 118 valence electrons. The largest absolute Gasteiger partial charge is 0.326 e. The fourth-order valence-corrected chi connectivity index (χ4v) is 2.63. The van der Waals surface area contributed by atoms with Crippen LogP contribution >= 0.6 is 0 Å². The highest BCUT2D eigenvalue weighted by molar-refractivity contribution is 5.92. The summed E-state index contributed by atoms with van der Waals surface area (Å²) in [5.41, 5.74) is 5.75. The van der Waals surface area contributed by atoms with Crippen LogP contribution in [0, 0.1) is 13.8 Å². The first kappa shape index (κ1) is 15.4. The van der Waals surface area contributed by atoms with Crippen LogP contribution in [-0.4, -0.2) is 15.0 Å². The maximum atomic E-state index is 12.4. The Kier molecular flexibility index (Phi) is 3.55. The van der Waals surface area contributed by atoms with E-state index in [1.54, 1.807) is 6.20 Å². The number of hydrogen-bond acceptors (Lipinski definition) is 3. The maximum absolute atomic E-state index is 12.4. The van der Waals surface area contributed by atoms with E-state index < -0.39 is 0 Å². The molecule has 0 fully saturated rings. The summed E-state index contributed by atoms with van der Waals surface area (Å²) in [7, 11) is 0. The molecule has 1 aromatic carbocycles. The van der Waals surface area contributed by atoms with Gasteiger partial charge in [0.15, 0.2) is 0 Å². The molecule has 0 aliphatic carbocycles. The van der Waals surface area contributed by atoms with Crippen LogP contribution in [0.3, 0.4) is 0 Å². The van der Waals surface area contributed by atoms with Crippen LogP contribution < -0.4 is 5.56 Å². The lowest BCUT2D eigenvalue weighted by molar-refractivity contribution is 0.591. The summed E-state index contributed by atoms with van der Waals surface area (Å²) in [5, 5.41) is 0. The van der Waals surface area contributed by atoms with E-state index in [4.69, 9.17) is 0 Å². The van der Waals surface area contributed by atoms with Crippen LogP contribution in [0.1, 0.15) is 37.7 Å². The number of aromatic nitrogens is 3. The van der Waals surface area contributed by atoms with E-state index in [2.05, 4.69) is 47.9 Å². The highest BCUT2D eigenvalue weighted by Crippen LogP contribution is 2.31. The summed E-state index contributed by atoms with van der Waals surface area (Å²) >= 11 is 0. The van der Waals surface area contributed by atoms with Gasteiger partial charge in [0.1, 0.15) is 0 Å². The third kappa shape index (κ3) is 2.89. The molecule has 0 unspecified atom stereocenters. The first-order valence-corrected chi connectivity index (χ1v) is 7.74. The molecule has 0 saturated carbocycles. The van der Waals surface area contributed by atoms with Crippen LogP contribution in [0.5, 0.6) is 0 Å². The highest BCUT2D eigenvalue weighted by Gasteiger charge is 2.19. The molecule has 0 saturated heterocycles. The normalized spacial score (nSPS) is 11.9. The van der Waals surface area contributed by atoms with Gasteiger partial charge in [-0.1, -0.05) is 20.8 Å². The van der Waals surface area contributed by atoms with Gasteiger partial charge in [-0.25, -0.2) is 4.98 Å². The summed E-state index contributed by atoms with van der Waals surface area (Å²) in [6.45, 7) is 10.2. The minimum absolute atomic E-state index is 0.0348. The smallest absolute Gasteiger partial charge is 0.256 e. The third-order valence-corrected chi connectivity index (χ3v) is 3.98. The van der Waals surface area contributed by atoms with Gasteiger partial charge in [0.2, 0.25) is 0 Å². The van der Waals surface area contributed by atoms with E-state index in [0.717, 1.165) is 33.5 Å². The number of fused-ring (bicyclic) bond motifs is 1. The quantitative estimate of drug-likeness (QED) is 0.741. The Hall–Kier alpha value is -2.49. The van der Waals surface area contributed by atoms with Gasteiger partial charge in [-0.15, -0.1) is 0 Å². The molecule has 4 nitrogen and oxygen atoms in total. The monoisotopic (exact) mass is 307 g/mol. The lowest BCUT2D eigenvalue weighted by Gasteiger charge is -2.21. The number of aryl methyl sites for hydroxylation is 2. The number of benzene rings is 1. The fourth-order valence-electron chi connectivity index (χ4n) is 2.63. The Morgan fingerprint density at radius 2 is 1.78 bits per heavy atom. The van der Waals surface area contributed by atoms with Gasteiger partial charge < -0.3 is 4.98 Å². The van der Waals surface area contributed by atoms with Gasteiger partial charge in [0, 0.05) is 23.0 Å². The Balaban J connectivity index is 2.41. The highest BCUT2D eigenvalue weighted by atomic mass is 16.1. The van der Waals surface area contributed by atoms with E-state index in [-0.39, 0.29) is 11.0 Å². The summed E-state index contributed by atoms with van der Waals surface area (Å²) in [5.74, 6) is 0. The Labute approximate surface area is 135 Å². The SMILES string of the molecule is Cc1cnc2cc(C(C)(C)C)cc(-c3ccc(C)[nH]c3=O)c2n1. The number of nitrogens with one attached hydrogen (secondary N) is 1. The number of pyridine rings is 1. The molecule has 3 aromatic rings. The molecule has 23 heavy (non-hydrogen) atoms. The van der Waals surface area contributed by atoms with Crippen molar-refractivity contribution >= 4 is 11.0 Å². The summed E-state index contributed by atoms with van der Waals surface area (Å²) in [6.07, 6.45) is 1.76. The average Bonchev–Trinajstić information content (AvgIpc) is 2.45. The summed E-state index contributed by atoms with van der Waals surface area (Å²) in [6, 6.07) is 7.90. The molecule has 4 heteroatoms. The zero-order valence-corrected chi connectivity index (χ0v) is 14.2. The zero-order chi connectivity index (χ0) is 16.8. The molecular weight excluding hydrogens is 286 g/mol. The maximum Gasteiger partial charge on any atom is 0.256 e. The van der Waals surface area contributed by atoms with Gasteiger partial charge in [0.05, 0.1) is 16.7 Å². The van der Waals surface area contributed by atoms with Gasteiger partial charge in [-0.05, 0) is 49.1 Å². The van der Waals surface area contributed by atoms with Crippen LogP contribution in [0.25, 0.3) is 22.2 Å². The molecule has 0 aliphatic heterocycles. The second-order valence-corrected chi connectivity index (χ2v) is 7.04. The number of aromatic amines is 1. The molecule has 0 amide bonds. The van der Waals surface area contributed by atoms with Crippen molar-refractivity contribution in [3.05, 3.63) is 57.8 Å². The molecule has 0 bridgehead atoms. The molecule has 0 aliphatic rings. The molecule has 0 atom stereocenters. The van der Waals surface area contributed by atoms with E-state index in [1.165, 1.54) is 0 Å². The van der Waals surface area contributed by atoms with E-state index in [0.29, 0.717) is 5.56 Å². The van der Waals surface area contributed by atoms with Gasteiger partial charge in [-0.2, -0.15) is 0 Å². The average molecular weight is 307 g/mol. The summed E-state index contributed by atoms with van der Waals surface area (Å²) in [4.78, 5) is 24.4. The lowest BCUT2D eigenvalue weighted by Crippen LogP contribution is -2.14. The van der Waals surface area contributed by atoms with Crippen molar-refractivity contribution in [2.24, 2.45) is 0 Å². The van der Waals surface area contributed by atoms with E-state index in [1.807, 2.05) is 26.0 Å². The standard InChI is InChI=1S/C19H21N3O/c1-11-6-7-14(18(23)22-11)15-8-13(19(3,4)5)9-16-17(15)21-12(2)10-20-16/h6-10H,1-5H3,(H,22,23). The lowest BCUT2D eigenvalue weighted by atomic mass is 9.85. The second kappa shape index (κ2) is 5.30. The molecule has 2 heterocycles. The van der Waals surface area contributed by atoms with Gasteiger partial charge >= 0.3 is 0 Å². The molecular formula is C19H21N3O. The Bertz CT molecular complexity index is 949. The number of H-pyrrole nitrogens is 1. The van der Waals surface area contributed by atoms with Crippen LogP contribution in [0.2, 0.25) is 0 Å². The second-order valence-electron chi connectivity index (χ2n) is 7.04. The van der Waals surface area contributed by atoms with Crippen molar-refractivity contribution in [3.8, 4) is 11.1 Å². The first-order chi connectivity index (χ1) is 10.8. The van der Waals surface area contributed by atoms with Crippen molar-refractivity contribution in [2.45, 2.75) is 40.0 Å². The van der Waals surface area contributed by atoms with E-state index >= 15 is 0 Å². The summed E-state index contributed by atoms with van der Waals surface area (Å²) < 4.78 is 0. The Morgan fingerprint density at radius 3 is 2.43 bits per heavy atom. The van der Waals surface area contributed by atoms with Gasteiger partial charge in [0.25, 0.3) is 5.56 Å². The number of rotatable bonds is 1. The number of nitrogens with zero attached hydrogens (tertiary/aromatic N) is 2. The van der Waals surface area contributed by atoms with Crippen molar-refractivity contribution in [1.29, 1.82) is 0 Å². The number of hydrogen-bond donors (Lipinski definition) is 1. The van der Waals surface area contributed by atoms with Gasteiger partial charge in [-0.3, -0.25) is 9.78 Å². The Morgan fingerprint density at radius 1 is 1.04 bits per heavy atom. The predicted octanol–water partition coefficient (Wildman–Crippen LogP) is 3.90. The minimum Gasteiger partial charge on any atom is -0.326 e. The van der Waals surface area contributed by atoms with E-state index in [9.17, 15) is 4.79 Å². The molecule has 0 spiro atoms. The minimum atomic E-state index is -0.0966. The molecule has 0 radical (unpaired) electrons. The fraction of sp³-hybridized carbons (Fsp3) is 0.316. The molecule has 2 aromatic heterocycles. The van der Waals surface area contributed by atoms with Crippen molar-refractivity contribution in [1.82, 2.24) is 15.0 Å². The van der Waals surface area contributed by atoms with Crippen molar-refractivity contribution in [2.75, 3.05) is 0 Å². The van der Waals surface area contributed by atoms with Crippen LogP contribution in [0.4, 0.5) is 0 Å². The van der Waals surface area contributed by atoms with Crippen LogP contribution in [0.15, 0.2) is 35.3 Å². The molecule has 3 rings (SSSR count). The first-order valence-electron chi connectivity index (χ1n) is 7.74. The topological polar surface area (TPSA) is 58.6 Å². The van der Waals surface area contributed by atoms with Crippen molar-refractivity contribution < 1.29 is 0 Å². The third-order valence-electron chi connectivity index (χ3n) is 3.98. The van der Waals surface area contributed by atoms with Crippen LogP contribution in [-0.2, 0) is 5.41 Å².